The number of esters is 1. The van der Waals surface area contributed by atoms with Crippen LogP contribution in [0.25, 0.3) is 5.76 Å². The topological polar surface area (TPSA) is 35.5 Å². The summed E-state index contributed by atoms with van der Waals surface area (Å²) in [6.45, 7) is 2.01. The van der Waals surface area contributed by atoms with E-state index in [2.05, 4.69) is 15.9 Å². The molecule has 2 aromatic rings. The van der Waals surface area contributed by atoms with E-state index in [4.69, 9.17) is 9.47 Å². The number of halogens is 1. The molecule has 1 heterocycles. The second-order valence-corrected chi connectivity index (χ2v) is 5.71. The summed E-state index contributed by atoms with van der Waals surface area (Å²) in [7, 11) is 0. The third kappa shape index (κ3) is 2.79. The fourth-order valence-corrected chi connectivity index (χ4v) is 2.88. The van der Waals surface area contributed by atoms with Crippen molar-refractivity contribution < 1.29 is 14.3 Å². The lowest BCUT2D eigenvalue weighted by Gasteiger charge is -2.36. The van der Waals surface area contributed by atoms with Gasteiger partial charge in [-0.2, -0.15) is 0 Å². The Morgan fingerprint density at radius 3 is 2.32 bits per heavy atom. The Morgan fingerprint density at radius 2 is 1.68 bits per heavy atom. The molecule has 0 unspecified atom stereocenters. The van der Waals surface area contributed by atoms with E-state index in [-0.39, 0.29) is 0 Å². The van der Waals surface area contributed by atoms with Crippen molar-refractivity contribution in [1.82, 2.24) is 0 Å². The molecule has 22 heavy (non-hydrogen) atoms. The van der Waals surface area contributed by atoms with Crippen LogP contribution in [0.3, 0.4) is 0 Å². The lowest BCUT2D eigenvalue weighted by atomic mass is 10.1. The molecule has 1 aliphatic rings. The molecule has 0 N–H and O–H groups in total. The summed E-state index contributed by atoms with van der Waals surface area (Å²) in [5, 5.41) is 0.346. The fraction of sp³-hybridized carbons (Fsp3) is 0.167. The Labute approximate surface area is 137 Å². The Kier molecular flexibility index (Phi) is 4.03. The predicted octanol–water partition coefficient (Wildman–Crippen LogP) is 4.16. The SMILES string of the molecule is Cc1ccc(C2=CC(=O)O[C@](CBr)(c3ccccc3)O2)cc1. The lowest BCUT2D eigenvalue weighted by Crippen LogP contribution is -2.39. The largest absolute Gasteiger partial charge is 0.446 e. The minimum atomic E-state index is -1.15. The van der Waals surface area contributed by atoms with E-state index in [1.165, 1.54) is 6.08 Å². The van der Waals surface area contributed by atoms with Crippen LogP contribution in [0.4, 0.5) is 0 Å². The van der Waals surface area contributed by atoms with Gasteiger partial charge in [0, 0.05) is 11.1 Å². The summed E-state index contributed by atoms with van der Waals surface area (Å²) in [5.74, 6) is -1.04. The highest BCUT2D eigenvalue weighted by Crippen LogP contribution is 2.38. The number of cyclic esters (lactones) is 1. The first-order chi connectivity index (χ1) is 10.6. The van der Waals surface area contributed by atoms with Crippen molar-refractivity contribution >= 4 is 27.7 Å². The van der Waals surface area contributed by atoms with E-state index >= 15 is 0 Å². The van der Waals surface area contributed by atoms with Gasteiger partial charge in [0.2, 0.25) is 0 Å². The number of alkyl halides is 1. The van der Waals surface area contributed by atoms with Crippen molar-refractivity contribution in [3.05, 3.63) is 77.4 Å². The molecule has 0 aliphatic carbocycles. The lowest BCUT2D eigenvalue weighted by molar-refractivity contribution is -0.203. The van der Waals surface area contributed by atoms with Crippen LogP contribution in [0, 0.1) is 6.92 Å². The number of carbonyl (C=O) groups is 1. The normalized spacial score (nSPS) is 20.8. The Balaban J connectivity index is 2.01. The number of aryl methyl sites for hydroxylation is 1. The van der Waals surface area contributed by atoms with Crippen LogP contribution in [0.1, 0.15) is 16.7 Å². The van der Waals surface area contributed by atoms with Crippen LogP contribution in [0.15, 0.2) is 60.7 Å². The van der Waals surface area contributed by atoms with Crippen molar-refractivity contribution in [2.24, 2.45) is 0 Å². The maximum Gasteiger partial charge on any atom is 0.338 e. The van der Waals surface area contributed by atoms with Crippen LogP contribution in [0.2, 0.25) is 0 Å². The summed E-state index contributed by atoms with van der Waals surface area (Å²) < 4.78 is 11.6. The van der Waals surface area contributed by atoms with Crippen molar-refractivity contribution in [2.45, 2.75) is 12.7 Å². The molecule has 4 heteroatoms. The van der Waals surface area contributed by atoms with Gasteiger partial charge >= 0.3 is 5.97 Å². The van der Waals surface area contributed by atoms with Crippen LogP contribution < -0.4 is 0 Å². The highest BCUT2D eigenvalue weighted by molar-refractivity contribution is 9.09. The maximum atomic E-state index is 12.1. The molecular formula is C18H15BrO3. The number of hydrogen-bond acceptors (Lipinski definition) is 3. The summed E-state index contributed by atoms with van der Waals surface area (Å²) in [4.78, 5) is 12.1. The van der Waals surface area contributed by atoms with Gasteiger partial charge in [0.25, 0.3) is 5.79 Å². The fourth-order valence-electron chi connectivity index (χ4n) is 2.33. The van der Waals surface area contributed by atoms with Crippen molar-refractivity contribution in [3.63, 3.8) is 0 Å². The number of hydrogen-bond donors (Lipinski definition) is 0. The highest BCUT2D eigenvalue weighted by Gasteiger charge is 2.41. The molecule has 0 amide bonds. The van der Waals surface area contributed by atoms with E-state index in [1.807, 2.05) is 61.5 Å². The molecule has 0 bridgehead atoms. The Hall–Kier alpha value is -2.07. The maximum absolute atomic E-state index is 12.1. The minimum Gasteiger partial charge on any atom is -0.446 e. The van der Waals surface area contributed by atoms with Crippen molar-refractivity contribution in [1.29, 1.82) is 0 Å². The number of rotatable bonds is 3. The minimum absolute atomic E-state index is 0.346. The zero-order chi connectivity index (χ0) is 15.6. The third-order valence-corrected chi connectivity index (χ3v) is 4.25. The summed E-state index contributed by atoms with van der Waals surface area (Å²) >= 11 is 3.41. The Bertz CT molecular complexity index is 707. The molecule has 0 spiro atoms. The molecule has 0 saturated heterocycles. The van der Waals surface area contributed by atoms with Gasteiger partial charge in [-0.15, -0.1) is 0 Å². The second-order valence-electron chi connectivity index (χ2n) is 5.15. The predicted molar refractivity (Wildman–Crippen MR) is 88.2 cm³/mol. The van der Waals surface area contributed by atoms with Gasteiger partial charge in [-0.25, -0.2) is 4.79 Å². The van der Waals surface area contributed by atoms with Crippen molar-refractivity contribution in [2.75, 3.05) is 5.33 Å². The molecular weight excluding hydrogens is 344 g/mol. The van der Waals surface area contributed by atoms with Gasteiger partial charge in [0.15, 0.2) is 0 Å². The number of ether oxygens (including phenoxy) is 2. The van der Waals surface area contributed by atoms with E-state index in [9.17, 15) is 4.79 Å². The van der Waals surface area contributed by atoms with Crippen LogP contribution >= 0.6 is 15.9 Å². The van der Waals surface area contributed by atoms with Gasteiger partial charge in [0.1, 0.15) is 5.76 Å². The first-order valence-electron chi connectivity index (χ1n) is 6.95. The summed E-state index contributed by atoms with van der Waals surface area (Å²) in [5.41, 5.74) is 2.79. The zero-order valence-corrected chi connectivity index (χ0v) is 13.7. The molecule has 1 aliphatic heterocycles. The molecule has 0 aromatic heterocycles. The van der Waals surface area contributed by atoms with Crippen LogP contribution in [0.5, 0.6) is 0 Å². The second kappa shape index (κ2) is 5.97. The molecule has 0 fully saturated rings. The Morgan fingerprint density at radius 1 is 1.00 bits per heavy atom. The monoisotopic (exact) mass is 358 g/mol. The van der Waals surface area contributed by atoms with E-state index in [1.54, 1.807) is 0 Å². The van der Waals surface area contributed by atoms with Gasteiger partial charge in [-0.1, -0.05) is 76.1 Å². The molecule has 3 rings (SSSR count). The highest BCUT2D eigenvalue weighted by atomic mass is 79.9. The first-order valence-corrected chi connectivity index (χ1v) is 8.07. The molecule has 1 atom stereocenters. The smallest absolute Gasteiger partial charge is 0.338 e. The number of carbonyl (C=O) groups excluding carboxylic acids is 1. The van der Waals surface area contributed by atoms with Gasteiger partial charge in [-0.3, -0.25) is 0 Å². The van der Waals surface area contributed by atoms with E-state index in [0.29, 0.717) is 11.1 Å². The van der Waals surface area contributed by atoms with Gasteiger partial charge < -0.3 is 9.47 Å². The van der Waals surface area contributed by atoms with Gasteiger partial charge in [0.05, 0.1) is 11.4 Å². The standard InChI is InChI=1S/C18H15BrO3/c1-13-7-9-14(10-8-13)16-11-17(20)22-18(12-19,21-16)15-5-3-2-4-6-15/h2-11H,12H2,1H3/t18-/m1/s1. The van der Waals surface area contributed by atoms with E-state index in [0.717, 1.165) is 16.7 Å². The average Bonchev–Trinajstić information content (AvgIpc) is 2.55. The zero-order valence-electron chi connectivity index (χ0n) is 12.1. The van der Waals surface area contributed by atoms with Crippen LogP contribution in [-0.4, -0.2) is 11.3 Å². The van der Waals surface area contributed by atoms with E-state index < -0.39 is 11.8 Å². The number of benzene rings is 2. The summed E-state index contributed by atoms with van der Waals surface area (Å²) in [6, 6.07) is 17.3. The molecule has 0 saturated carbocycles. The molecule has 0 radical (unpaired) electrons. The molecule has 2 aromatic carbocycles. The van der Waals surface area contributed by atoms with Gasteiger partial charge in [-0.05, 0) is 6.92 Å². The van der Waals surface area contributed by atoms with Crippen molar-refractivity contribution in [3.8, 4) is 0 Å². The average molecular weight is 359 g/mol. The quantitative estimate of drug-likeness (QED) is 0.610. The first kappa shape index (κ1) is 14.9. The van der Waals surface area contributed by atoms with Crippen LogP contribution in [-0.2, 0) is 20.1 Å². The third-order valence-electron chi connectivity index (χ3n) is 3.51. The molecule has 112 valence electrons. The molecule has 3 nitrogen and oxygen atoms in total. The summed E-state index contributed by atoms with van der Waals surface area (Å²) in [6.07, 6.45) is 1.38.